The predicted molar refractivity (Wildman–Crippen MR) is 109 cm³/mol. The molecule has 0 aliphatic rings. The van der Waals surface area contributed by atoms with E-state index in [1.165, 1.54) is 12.1 Å². The largest absolute Gasteiger partial charge is 0.490 e. The number of benzene rings is 3. The Morgan fingerprint density at radius 1 is 1.03 bits per heavy atom. The molecule has 0 radical (unpaired) electrons. The molecular formula is C24H23FO4. The fraction of sp³-hybridized carbons (Fsp3) is 0.208. The minimum Gasteiger partial charge on any atom is -0.490 e. The standard InChI is InChI=1S/C24H23FO4/c1-17(13-14-26)29-23-10-6-5-9-20(23)19-11-12-21(22(25)15-19)24(27)28-16-18-7-3-2-4-8-18/h2-12,15,17,26H,13-14,16H2,1H3/t17-/m1/s1. The number of aliphatic hydroxyl groups excluding tert-OH is 1. The maximum atomic E-state index is 14.7. The number of carbonyl (C=O) groups is 1. The van der Waals surface area contributed by atoms with Gasteiger partial charge in [0.15, 0.2) is 0 Å². The van der Waals surface area contributed by atoms with Crippen molar-refractivity contribution in [3.05, 3.63) is 89.7 Å². The van der Waals surface area contributed by atoms with Crippen molar-refractivity contribution in [3.8, 4) is 16.9 Å². The maximum Gasteiger partial charge on any atom is 0.341 e. The Kier molecular flexibility index (Phi) is 6.98. The first-order valence-corrected chi connectivity index (χ1v) is 9.46. The Hall–Kier alpha value is -3.18. The van der Waals surface area contributed by atoms with Gasteiger partial charge in [-0.1, -0.05) is 54.6 Å². The van der Waals surface area contributed by atoms with Crippen molar-refractivity contribution in [2.75, 3.05) is 6.61 Å². The van der Waals surface area contributed by atoms with Crippen LogP contribution in [0.15, 0.2) is 72.8 Å². The smallest absolute Gasteiger partial charge is 0.341 e. The first-order chi connectivity index (χ1) is 14.1. The van der Waals surface area contributed by atoms with Gasteiger partial charge >= 0.3 is 5.97 Å². The third kappa shape index (κ3) is 5.42. The monoisotopic (exact) mass is 394 g/mol. The molecule has 0 saturated heterocycles. The number of para-hydroxylation sites is 1. The highest BCUT2D eigenvalue weighted by Crippen LogP contribution is 2.32. The van der Waals surface area contributed by atoms with Crippen LogP contribution in [0.2, 0.25) is 0 Å². The second-order valence-corrected chi connectivity index (χ2v) is 6.69. The number of hydrogen-bond acceptors (Lipinski definition) is 4. The van der Waals surface area contributed by atoms with Gasteiger partial charge in [-0.25, -0.2) is 9.18 Å². The first-order valence-electron chi connectivity index (χ1n) is 9.46. The molecule has 5 heteroatoms. The summed E-state index contributed by atoms with van der Waals surface area (Å²) < 4.78 is 25.7. The summed E-state index contributed by atoms with van der Waals surface area (Å²) >= 11 is 0. The molecule has 0 heterocycles. The zero-order valence-electron chi connectivity index (χ0n) is 16.2. The number of halogens is 1. The van der Waals surface area contributed by atoms with Crippen molar-refractivity contribution in [2.45, 2.75) is 26.1 Å². The van der Waals surface area contributed by atoms with Crippen LogP contribution in [0.1, 0.15) is 29.3 Å². The summed E-state index contributed by atoms with van der Waals surface area (Å²) in [6.45, 7) is 1.97. The van der Waals surface area contributed by atoms with Crippen LogP contribution in [0.4, 0.5) is 4.39 Å². The van der Waals surface area contributed by atoms with Crippen LogP contribution in [-0.4, -0.2) is 23.8 Å². The SMILES string of the molecule is C[C@H](CCO)Oc1ccccc1-c1ccc(C(=O)OCc2ccccc2)c(F)c1. The lowest BCUT2D eigenvalue weighted by molar-refractivity contribution is 0.0467. The minimum absolute atomic E-state index is 0.0255. The Balaban J connectivity index is 1.77. The molecule has 0 saturated carbocycles. The molecule has 0 unspecified atom stereocenters. The van der Waals surface area contributed by atoms with Crippen molar-refractivity contribution in [2.24, 2.45) is 0 Å². The summed E-state index contributed by atoms with van der Waals surface area (Å²) in [5, 5.41) is 9.06. The summed E-state index contributed by atoms with van der Waals surface area (Å²) in [5.74, 6) is -0.773. The molecule has 4 nitrogen and oxygen atoms in total. The van der Waals surface area contributed by atoms with Gasteiger partial charge < -0.3 is 14.6 Å². The molecule has 1 atom stereocenters. The molecule has 0 spiro atoms. The highest BCUT2D eigenvalue weighted by Gasteiger charge is 2.16. The van der Waals surface area contributed by atoms with Crippen LogP contribution in [0.25, 0.3) is 11.1 Å². The second-order valence-electron chi connectivity index (χ2n) is 6.69. The summed E-state index contributed by atoms with van der Waals surface area (Å²) in [6, 6.07) is 20.9. The Labute approximate surface area is 169 Å². The molecule has 0 aromatic heterocycles. The Bertz CT molecular complexity index is 956. The fourth-order valence-corrected chi connectivity index (χ4v) is 2.91. The maximum absolute atomic E-state index is 14.7. The number of carbonyl (C=O) groups excluding carboxylic acids is 1. The van der Waals surface area contributed by atoms with Crippen LogP contribution >= 0.6 is 0 Å². The highest BCUT2D eigenvalue weighted by molar-refractivity contribution is 5.90. The highest BCUT2D eigenvalue weighted by atomic mass is 19.1. The van der Waals surface area contributed by atoms with Crippen LogP contribution in [0.3, 0.4) is 0 Å². The van der Waals surface area contributed by atoms with E-state index in [0.29, 0.717) is 23.3 Å². The Morgan fingerprint density at radius 3 is 2.48 bits per heavy atom. The van der Waals surface area contributed by atoms with Gasteiger partial charge in [0.25, 0.3) is 0 Å². The van der Waals surface area contributed by atoms with Crippen LogP contribution in [0, 0.1) is 5.82 Å². The molecule has 1 N–H and O–H groups in total. The summed E-state index contributed by atoms with van der Waals surface area (Å²) in [4.78, 5) is 12.3. The molecular weight excluding hydrogens is 371 g/mol. The average molecular weight is 394 g/mol. The number of esters is 1. The normalized spacial score (nSPS) is 11.7. The van der Waals surface area contributed by atoms with Crippen LogP contribution < -0.4 is 4.74 Å². The van der Waals surface area contributed by atoms with Gasteiger partial charge in [0.05, 0.1) is 11.7 Å². The van der Waals surface area contributed by atoms with Gasteiger partial charge in [-0.05, 0) is 36.2 Å². The summed E-state index contributed by atoms with van der Waals surface area (Å²) in [5.41, 5.74) is 2.02. The molecule has 0 fully saturated rings. The van der Waals surface area contributed by atoms with Gasteiger partial charge in [0.1, 0.15) is 18.2 Å². The van der Waals surface area contributed by atoms with Gasteiger partial charge in [-0.15, -0.1) is 0 Å². The lowest BCUT2D eigenvalue weighted by atomic mass is 10.0. The molecule has 0 amide bonds. The van der Waals surface area contributed by atoms with E-state index in [1.807, 2.05) is 55.5 Å². The predicted octanol–water partition coefficient (Wildman–Crippen LogP) is 5.00. The van der Waals surface area contributed by atoms with Crippen molar-refractivity contribution in [3.63, 3.8) is 0 Å². The van der Waals surface area contributed by atoms with E-state index in [2.05, 4.69) is 0 Å². The minimum atomic E-state index is -0.709. The molecule has 0 aliphatic heterocycles. The third-order valence-corrected chi connectivity index (χ3v) is 4.46. The molecule has 3 aromatic carbocycles. The third-order valence-electron chi connectivity index (χ3n) is 4.46. The molecule has 3 rings (SSSR count). The van der Waals surface area contributed by atoms with Crippen molar-refractivity contribution in [1.29, 1.82) is 0 Å². The number of hydrogen-bond donors (Lipinski definition) is 1. The summed E-state index contributed by atoms with van der Waals surface area (Å²) in [7, 11) is 0. The van der Waals surface area contributed by atoms with Gasteiger partial charge in [-0.3, -0.25) is 0 Å². The topological polar surface area (TPSA) is 55.8 Å². The molecule has 3 aromatic rings. The number of aliphatic hydroxyl groups is 1. The molecule has 0 bridgehead atoms. The van der Waals surface area contributed by atoms with Crippen molar-refractivity contribution in [1.82, 2.24) is 0 Å². The lowest BCUT2D eigenvalue weighted by Gasteiger charge is -2.17. The van der Waals surface area contributed by atoms with Crippen molar-refractivity contribution >= 4 is 5.97 Å². The second kappa shape index (κ2) is 9.85. The number of rotatable bonds is 8. The van der Waals surface area contributed by atoms with E-state index in [1.54, 1.807) is 12.1 Å². The zero-order chi connectivity index (χ0) is 20.6. The molecule has 29 heavy (non-hydrogen) atoms. The first kappa shape index (κ1) is 20.6. The van der Waals surface area contributed by atoms with Crippen LogP contribution in [0.5, 0.6) is 5.75 Å². The average Bonchev–Trinajstić information content (AvgIpc) is 2.73. The molecule has 0 aliphatic carbocycles. The quantitative estimate of drug-likeness (QED) is 0.546. The van der Waals surface area contributed by atoms with E-state index in [0.717, 1.165) is 5.56 Å². The summed E-state index contributed by atoms with van der Waals surface area (Å²) in [6.07, 6.45) is 0.313. The van der Waals surface area contributed by atoms with E-state index < -0.39 is 11.8 Å². The van der Waals surface area contributed by atoms with Gasteiger partial charge in [0, 0.05) is 18.6 Å². The van der Waals surface area contributed by atoms with Gasteiger partial charge in [-0.2, -0.15) is 0 Å². The van der Waals surface area contributed by atoms with E-state index >= 15 is 0 Å². The number of ether oxygens (including phenoxy) is 2. The zero-order valence-corrected chi connectivity index (χ0v) is 16.2. The van der Waals surface area contributed by atoms with E-state index in [9.17, 15) is 9.18 Å². The van der Waals surface area contributed by atoms with Crippen LogP contribution in [-0.2, 0) is 11.3 Å². The van der Waals surface area contributed by atoms with Crippen molar-refractivity contribution < 1.29 is 23.8 Å². The lowest BCUT2D eigenvalue weighted by Crippen LogP contribution is -2.14. The fourth-order valence-electron chi connectivity index (χ4n) is 2.91. The Morgan fingerprint density at radius 2 is 1.76 bits per heavy atom. The molecule has 150 valence electrons. The van der Waals surface area contributed by atoms with Gasteiger partial charge in [0.2, 0.25) is 0 Å². The van der Waals surface area contributed by atoms with E-state index in [4.69, 9.17) is 14.6 Å². The van der Waals surface area contributed by atoms with E-state index in [-0.39, 0.29) is 24.9 Å².